The summed E-state index contributed by atoms with van der Waals surface area (Å²) in [6.45, 7) is 0.576. The Morgan fingerprint density at radius 1 is 1.00 bits per heavy atom. The first kappa shape index (κ1) is 12.6. The molecule has 0 spiro atoms. The van der Waals surface area contributed by atoms with Crippen LogP contribution in [0.25, 0.3) is 11.0 Å². The van der Waals surface area contributed by atoms with Crippen LogP contribution in [0.15, 0.2) is 42.5 Å². The van der Waals surface area contributed by atoms with Gasteiger partial charge in [0, 0.05) is 6.54 Å². The first-order chi connectivity index (χ1) is 9.72. The highest BCUT2D eigenvalue weighted by Gasteiger charge is 2.08. The second kappa shape index (κ2) is 5.30. The molecule has 0 amide bonds. The fourth-order valence-electron chi connectivity index (χ4n) is 1.83. The van der Waals surface area contributed by atoms with Crippen LogP contribution >= 0.6 is 11.6 Å². The largest absolute Gasteiger partial charge is 0.492 e. The van der Waals surface area contributed by atoms with Crippen molar-refractivity contribution in [2.75, 3.05) is 5.32 Å². The summed E-state index contributed by atoms with van der Waals surface area (Å²) in [7, 11) is 0. The Morgan fingerprint density at radius 3 is 2.60 bits per heavy atom. The topological polar surface area (TPSA) is 70.9 Å². The molecule has 2 aromatic heterocycles. The highest BCUT2D eigenvalue weighted by Crippen LogP contribution is 2.22. The Labute approximate surface area is 120 Å². The fourth-order valence-corrected chi connectivity index (χ4v) is 1.98. The molecular formula is C14H11ClN4O. The van der Waals surface area contributed by atoms with Gasteiger partial charge in [0.2, 0.25) is 11.8 Å². The molecule has 20 heavy (non-hydrogen) atoms. The lowest BCUT2D eigenvalue weighted by atomic mass is 10.2. The van der Waals surface area contributed by atoms with E-state index in [1.54, 1.807) is 12.1 Å². The smallest absolute Gasteiger partial charge is 0.243 e. The van der Waals surface area contributed by atoms with Gasteiger partial charge in [-0.2, -0.15) is 4.98 Å². The number of anilines is 1. The van der Waals surface area contributed by atoms with Crippen molar-refractivity contribution in [3.8, 4) is 5.88 Å². The minimum absolute atomic E-state index is 0.187. The molecule has 0 unspecified atom stereocenters. The van der Waals surface area contributed by atoms with Crippen LogP contribution in [-0.2, 0) is 6.54 Å². The van der Waals surface area contributed by atoms with Crippen LogP contribution in [0.5, 0.6) is 5.88 Å². The molecule has 0 aliphatic rings. The molecule has 3 aromatic rings. The monoisotopic (exact) mass is 286 g/mol. The molecular weight excluding hydrogens is 276 g/mol. The van der Waals surface area contributed by atoms with Gasteiger partial charge < -0.3 is 10.4 Å². The lowest BCUT2D eigenvalue weighted by Gasteiger charge is -2.07. The third-order valence-electron chi connectivity index (χ3n) is 2.78. The Bertz CT molecular complexity index is 749. The van der Waals surface area contributed by atoms with Crippen LogP contribution in [0.4, 0.5) is 5.95 Å². The molecule has 2 heterocycles. The van der Waals surface area contributed by atoms with Crippen molar-refractivity contribution >= 4 is 28.6 Å². The minimum atomic E-state index is -0.187. The van der Waals surface area contributed by atoms with Crippen LogP contribution in [0.1, 0.15) is 5.56 Å². The van der Waals surface area contributed by atoms with Gasteiger partial charge in [-0.1, -0.05) is 41.9 Å². The number of aromatic nitrogens is 3. The van der Waals surface area contributed by atoms with Crippen LogP contribution in [0, 0.1) is 0 Å². The summed E-state index contributed by atoms with van der Waals surface area (Å²) in [6.07, 6.45) is 0. The Morgan fingerprint density at radius 2 is 1.80 bits per heavy atom. The lowest BCUT2D eigenvalue weighted by molar-refractivity contribution is 0.458. The number of hydrogen-bond acceptors (Lipinski definition) is 5. The summed E-state index contributed by atoms with van der Waals surface area (Å²) in [5.74, 6) is 0.163. The summed E-state index contributed by atoms with van der Waals surface area (Å²) in [4.78, 5) is 12.3. The van der Waals surface area contributed by atoms with Crippen LogP contribution in [-0.4, -0.2) is 20.1 Å². The SMILES string of the molecule is Oc1nc(NCc2ccccc2)nc2ccc(Cl)nc12. The van der Waals surface area contributed by atoms with E-state index in [1.807, 2.05) is 30.3 Å². The molecule has 0 aliphatic heterocycles. The number of hydrogen-bond donors (Lipinski definition) is 2. The highest BCUT2D eigenvalue weighted by atomic mass is 35.5. The first-order valence-electron chi connectivity index (χ1n) is 6.03. The minimum Gasteiger partial charge on any atom is -0.492 e. The molecule has 3 rings (SSSR count). The van der Waals surface area contributed by atoms with E-state index in [-0.39, 0.29) is 5.88 Å². The zero-order chi connectivity index (χ0) is 13.9. The maximum absolute atomic E-state index is 9.86. The molecule has 0 bridgehead atoms. The van der Waals surface area contributed by atoms with Gasteiger partial charge >= 0.3 is 0 Å². The number of nitrogens with zero attached hydrogens (tertiary/aromatic N) is 3. The summed E-state index contributed by atoms with van der Waals surface area (Å²) in [5.41, 5.74) is 1.94. The second-order valence-electron chi connectivity index (χ2n) is 4.21. The zero-order valence-electron chi connectivity index (χ0n) is 10.4. The molecule has 0 radical (unpaired) electrons. The molecule has 0 saturated carbocycles. The van der Waals surface area contributed by atoms with Crippen molar-refractivity contribution in [2.24, 2.45) is 0 Å². The summed E-state index contributed by atoms with van der Waals surface area (Å²) >= 11 is 5.78. The quantitative estimate of drug-likeness (QED) is 0.724. The van der Waals surface area contributed by atoms with Crippen molar-refractivity contribution in [1.29, 1.82) is 0 Å². The summed E-state index contributed by atoms with van der Waals surface area (Å²) in [5, 5.41) is 13.2. The number of nitrogens with one attached hydrogen (secondary N) is 1. The second-order valence-corrected chi connectivity index (χ2v) is 4.60. The van der Waals surface area contributed by atoms with E-state index in [9.17, 15) is 5.11 Å². The summed E-state index contributed by atoms with van der Waals surface area (Å²) < 4.78 is 0. The predicted molar refractivity (Wildman–Crippen MR) is 77.8 cm³/mol. The van der Waals surface area contributed by atoms with Gasteiger partial charge in [0.1, 0.15) is 5.15 Å². The third kappa shape index (κ3) is 2.62. The molecule has 0 fully saturated rings. The Balaban J connectivity index is 1.87. The van der Waals surface area contributed by atoms with Gasteiger partial charge in [-0.05, 0) is 17.7 Å². The van der Waals surface area contributed by atoms with E-state index in [0.717, 1.165) is 5.56 Å². The molecule has 0 atom stereocenters. The standard InChI is InChI=1S/C14H11ClN4O/c15-11-7-6-10-12(18-11)13(20)19-14(17-10)16-8-9-4-2-1-3-5-9/h1-7H,8H2,(H2,16,17,19,20). The van der Waals surface area contributed by atoms with Gasteiger partial charge in [-0.25, -0.2) is 9.97 Å². The predicted octanol–water partition coefficient (Wildman–Crippen LogP) is 3.00. The maximum Gasteiger partial charge on any atom is 0.243 e. The van der Waals surface area contributed by atoms with Crippen molar-refractivity contribution in [1.82, 2.24) is 15.0 Å². The Hall–Kier alpha value is -2.40. The van der Waals surface area contributed by atoms with E-state index in [0.29, 0.717) is 28.7 Å². The van der Waals surface area contributed by atoms with Gasteiger partial charge in [0.15, 0.2) is 5.52 Å². The fraction of sp³-hybridized carbons (Fsp3) is 0.0714. The van der Waals surface area contributed by atoms with E-state index in [4.69, 9.17) is 11.6 Å². The number of halogens is 1. The van der Waals surface area contributed by atoms with Crippen LogP contribution in [0.3, 0.4) is 0 Å². The number of rotatable bonds is 3. The third-order valence-corrected chi connectivity index (χ3v) is 2.99. The van der Waals surface area contributed by atoms with E-state index in [2.05, 4.69) is 20.3 Å². The highest BCUT2D eigenvalue weighted by molar-refractivity contribution is 6.29. The Kier molecular flexibility index (Phi) is 3.35. The van der Waals surface area contributed by atoms with Crippen molar-refractivity contribution in [3.63, 3.8) is 0 Å². The van der Waals surface area contributed by atoms with Crippen LogP contribution < -0.4 is 5.32 Å². The number of aromatic hydroxyl groups is 1. The normalized spacial score (nSPS) is 10.7. The van der Waals surface area contributed by atoms with E-state index >= 15 is 0 Å². The molecule has 100 valence electrons. The van der Waals surface area contributed by atoms with Gasteiger partial charge in [-0.15, -0.1) is 0 Å². The van der Waals surface area contributed by atoms with E-state index < -0.39 is 0 Å². The van der Waals surface area contributed by atoms with Gasteiger partial charge in [0.25, 0.3) is 0 Å². The van der Waals surface area contributed by atoms with Crippen LogP contribution in [0.2, 0.25) is 5.15 Å². The molecule has 1 aromatic carbocycles. The molecule has 5 nitrogen and oxygen atoms in total. The zero-order valence-corrected chi connectivity index (χ0v) is 11.2. The number of fused-ring (bicyclic) bond motifs is 1. The summed E-state index contributed by atoms with van der Waals surface area (Å²) in [6, 6.07) is 13.2. The first-order valence-corrected chi connectivity index (χ1v) is 6.41. The molecule has 0 saturated heterocycles. The van der Waals surface area contributed by atoms with Crippen molar-refractivity contribution < 1.29 is 5.11 Å². The number of pyridine rings is 1. The maximum atomic E-state index is 9.86. The van der Waals surface area contributed by atoms with Crippen molar-refractivity contribution in [2.45, 2.75) is 6.54 Å². The van der Waals surface area contributed by atoms with Gasteiger partial charge in [-0.3, -0.25) is 0 Å². The average molecular weight is 287 g/mol. The van der Waals surface area contributed by atoms with Crippen molar-refractivity contribution in [3.05, 3.63) is 53.2 Å². The average Bonchev–Trinajstić information content (AvgIpc) is 2.47. The number of benzene rings is 1. The van der Waals surface area contributed by atoms with Gasteiger partial charge in [0.05, 0.1) is 5.52 Å². The lowest BCUT2D eigenvalue weighted by Crippen LogP contribution is -2.04. The van der Waals surface area contributed by atoms with E-state index in [1.165, 1.54) is 0 Å². The molecule has 2 N–H and O–H groups in total. The molecule has 6 heteroatoms. The molecule has 0 aliphatic carbocycles.